The van der Waals surface area contributed by atoms with Gasteiger partial charge in [0.2, 0.25) is 15.9 Å². The van der Waals surface area contributed by atoms with Gasteiger partial charge in [-0.1, -0.05) is 6.08 Å². The normalized spacial score (nSPS) is 15.5. The maximum Gasteiger partial charge on any atom is 0.251 e. The van der Waals surface area contributed by atoms with Gasteiger partial charge in [-0.3, -0.25) is 9.59 Å². The zero-order valence-corrected chi connectivity index (χ0v) is 14.3. The van der Waals surface area contributed by atoms with Crippen LogP contribution in [-0.2, 0) is 14.8 Å². The summed E-state index contributed by atoms with van der Waals surface area (Å²) in [5.41, 5.74) is 0.365. The van der Waals surface area contributed by atoms with Gasteiger partial charge in [0.15, 0.2) is 0 Å². The minimum absolute atomic E-state index is 0.195. The van der Waals surface area contributed by atoms with Gasteiger partial charge in [-0.15, -0.1) is 0 Å². The van der Waals surface area contributed by atoms with Crippen LogP contribution in [0.1, 0.15) is 23.2 Å². The van der Waals surface area contributed by atoms with Crippen LogP contribution in [0.5, 0.6) is 0 Å². The third-order valence-corrected chi connectivity index (χ3v) is 5.63. The van der Waals surface area contributed by atoms with E-state index in [0.717, 1.165) is 12.8 Å². The van der Waals surface area contributed by atoms with E-state index in [1.165, 1.54) is 47.8 Å². The average molecular weight is 351 g/mol. The van der Waals surface area contributed by atoms with Gasteiger partial charge in [-0.25, -0.2) is 8.42 Å². The van der Waals surface area contributed by atoms with Crippen LogP contribution < -0.4 is 10.6 Å². The Morgan fingerprint density at radius 3 is 2.38 bits per heavy atom. The number of sulfonamides is 1. The van der Waals surface area contributed by atoms with E-state index in [9.17, 15) is 18.0 Å². The number of likely N-dealkylation sites (N-methyl/N-ethyl adjacent to an activating group) is 1. The number of carbonyl (C=O) groups excluding carboxylic acids is 2. The van der Waals surface area contributed by atoms with Gasteiger partial charge in [-0.05, 0) is 37.1 Å². The first-order chi connectivity index (χ1) is 11.4. The highest BCUT2D eigenvalue weighted by Crippen LogP contribution is 2.21. The molecule has 130 valence electrons. The number of amides is 2. The van der Waals surface area contributed by atoms with E-state index in [2.05, 4.69) is 10.6 Å². The molecule has 8 heteroatoms. The minimum atomic E-state index is -3.47. The summed E-state index contributed by atoms with van der Waals surface area (Å²) in [5, 5.41) is 5.05. The van der Waals surface area contributed by atoms with Gasteiger partial charge in [0.1, 0.15) is 0 Å². The Morgan fingerprint density at radius 1 is 1.17 bits per heavy atom. The second-order valence-corrected chi connectivity index (χ2v) is 7.30. The fourth-order valence-corrected chi connectivity index (χ4v) is 3.88. The summed E-state index contributed by atoms with van der Waals surface area (Å²) in [6, 6.07) is 5.87. The maximum atomic E-state index is 12.4. The molecular weight excluding hydrogens is 330 g/mol. The zero-order chi connectivity index (χ0) is 17.6. The highest BCUT2D eigenvalue weighted by molar-refractivity contribution is 7.89. The Kier molecular flexibility index (Phi) is 6.10. The number of hydrogen-bond acceptors (Lipinski definition) is 4. The van der Waals surface area contributed by atoms with Gasteiger partial charge in [0.25, 0.3) is 5.91 Å². The number of carbonyl (C=O) groups is 2. The first kappa shape index (κ1) is 18.2. The minimum Gasteiger partial charge on any atom is -0.356 e. The molecule has 1 aliphatic rings. The van der Waals surface area contributed by atoms with Crippen molar-refractivity contribution in [1.82, 2.24) is 14.9 Å². The molecule has 2 amide bonds. The predicted molar refractivity (Wildman–Crippen MR) is 90.0 cm³/mol. The second-order valence-electron chi connectivity index (χ2n) is 5.36. The zero-order valence-electron chi connectivity index (χ0n) is 13.5. The monoisotopic (exact) mass is 351 g/mol. The van der Waals surface area contributed by atoms with Gasteiger partial charge in [0.05, 0.1) is 4.90 Å². The van der Waals surface area contributed by atoms with Crippen molar-refractivity contribution in [2.24, 2.45) is 0 Å². The van der Waals surface area contributed by atoms with Crippen LogP contribution >= 0.6 is 0 Å². The van der Waals surface area contributed by atoms with Crippen molar-refractivity contribution in [3.63, 3.8) is 0 Å². The van der Waals surface area contributed by atoms with Crippen LogP contribution in [0.15, 0.2) is 41.3 Å². The maximum absolute atomic E-state index is 12.4. The molecule has 2 rings (SSSR count). The van der Waals surface area contributed by atoms with Crippen LogP contribution in [0.4, 0.5) is 0 Å². The topological polar surface area (TPSA) is 95.6 Å². The van der Waals surface area contributed by atoms with E-state index in [1.807, 2.05) is 0 Å². The van der Waals surface area contributed by atoms with Crippen molar-refractivity contribution in [1.29, 1.82) is 0 Å². The Morgan fingerprint density at radius 2 is 1.79 bits per heavy atom. The Labute approximate surface area is 141 Å². The standard InChI is InChI=1S/C16H21N3O4S/c1-17-15(20)5-4-10-18-16(21)13-6-8-14(9-7-13)24(22,23)19-11-2-3-12-19/h4-9H,2-3,10-12H2,1H3,(H,17,20)(H,18,21). The summed E-state index contributed by atoms with van der Waals surface area (Å²) in [6.07, 6.45) is 4.61. The van der Waals surface area contributed by atoms with E-state index in [0.29, 0.717) is 18.7 Å². The van der Waals surface area contributed by atoms with E-state index in [-0.39, 0.29) is 23.3 Å². The molecule has 1 fully saturated rings. The molecule has 0 saturated carbocycles. The smallest absolute Gasteiger partial charge is 0.251 e. The number of benzene rings is 1. The SMILES string of the molecule is CNC(=O)C=CCNC(=O)c1ccc(S(=O)(=O)N2CCCC2)cc1. The van der Waals surface area contributed by atoms with Gasteiger partial charge >= 0.3 is 0 Å². The van der Waals surface area contributed by atoms with E-state index in [1.54, 1.807) is 0 Å². The Hall–Kier alpha value is -2.19. The third kappa shape index (κ3) is 4.42. The van der Waals surface area contributed by atoms with Crippen LogP contribution in [0.2, 0.25) is 0 Å². The molecule has 1 aromatic rings. The van der Waals surface area contributed by atoms with E-state index in [4.69, 9.17) is 0 Å². The average Bonchev–Trinajstić information content (AvgIpc) is 3.13. The van der Waals surface area contributed by atoms with Crippen molar-refractivity contribution in [2.45, 2.75) is 17.7 Å². The quantitative estimate of drug-likeness (QED) is 0.730. The van der Waals surface area contributed by atoms with E-state index >= 15 is 0 Å². The van der Waals surface area contributed by atoms with Crippen LogP contribution in [0.3, 0.4) is 0 Å². The molecule has 0 unspecified atom stereocenters. The summed E-state index contributed by atoms with van der Waals surface area (Å²) in [5.74, 6) is -0.581. The fraction of sp³-hybridized carbons (Fsp3) is 0.375. The van der Waals surface area contributed by atoms with Gasteiger partial charge in [-0.2, -0.15) is 4.31 Å². The van der Waals surface area contributed by atoms with Crippen molar-refractivity contribution in [3.8, 4) is 0 Å². The van der Waals surface area contributed by atoms with Crippen LogP contribution in [0.25, 0.3) is 0 Å². The molecule has 1 aromatic carbocycles. The molecule has 0 spiro atoms. The summed E-state index contributed by atoms with van der Waals surface area (Å²) >= 11 is 0. The summed E-state index contributed by atoms with van der Waals surface area (Å²) in [4.78, 5) is 23.2. The molecule has 0 radical (unpaired) electrons. The molecule has 24 heavy (non-hydrogen) atoms. The van der Waals surface area contributed by atoms with Gasteiger partial charge < -0.3 is 10.6 Å². The molecule has 0 bridgehead atoms. The summed E-state index contributed by atoms with van der Waals surface area (Å²) in [6.45, 7) is 1.30. The first-order valence-electron chi connectivity index (χ1n) is 7.72. The van der Waals surface area contributed by atoms with Crippen molar-refractivity contribution in [3.05, 3.63) is 42.0 Å². The molecule has 1 aliphatic heterocycles. The first-order valence-corrected chi connectivity index (χ1v) is 9.16. The molecule has 0 atom stereocenters. The van der Waals surface area contributed by atoms with Crippen molar-refractivity contribution >= 4 is 21.8 Å². The lowest BCUT2D eigenvalue weighted by Gasteiger charge is -2.15. The predicted octanol–water partition coefficient (Wildman–Crippen LogP) is 0.503. The molecule has 0 aromatic heterocycles. The second kappa shape index (κ2) is 8.07. The molecular formula is C16H21N3O4S. The lowest BCUT2D eigenvalue weighted by molar-refractivity contribution is -0.116. The van der Waals surface area contributed by atoms with Gasteiger partial charge in [0, 0.05) is 38.3 Å². The Balaban J connectivity index is 1.97. The number of rotatable bonds is 6. The lowest BCUT2D eigenvalue weighted by atomic mass is 10.2. The number of hydrogen-bond donors (Lipinski definition) is 2. The summed E-state index contributed by atoms with van der Waals surface area (Å²) < 4.78 is 26.3. The van der Waals surface area contributed by atoms with Crippen molar-refractivity contribution < 1.29 is 18.0 Å². The third-order valence-electron chi connectivity index (χ3n) is 3.72. The molecule has 2 N–H and O–H groups in total. The highest BCUT2D eigenvalue weighted by Gasteiger charge is 2.27. The molecule has 0 aliphatic carbocycles. The van der Waals surface area contributed by atoms with Crippen LogP contribution in [0, 0.1) is 0 Å². The number of nitrogens with zero attached hydrogens (tertiary/aromatic N) is 1. The summed E-state index contributed by atoms with van der Waals surface area (Å²) in [7, 11) is -1.95. The molecule has 7 nitrogen and oxygen atoms in total. The van der Waals surface area contributed by atoms with Crippen LogP contribution in [-0.4, -0.2) is 51.2 Å². The Bertz CT molecular complexity index is 720. The largest absolute Gasteiger partial charge is 0.356 e. The van der Waals surface area contributed by atoms with E-state index < -0.39 is 10.0 Å². The lowest BCUT2D eigenvalue weighted by Crippen LogP contribution is -2.28. The molecule has 1 saturated heterocycles. The molecule has 1 heterocycles. The fourth-order valence-electron chi connectivity index (χ4n) is 2.36. The van der Waals surface area contributed by atoms with Crippen molar-refractivity contribution in [2.75, 3.05) is 26.7 Å². The number of nitrogens with one attached hydrogen (secondary N) is 2. The highest BCUT2D eigenvalue weighted by atomic mass is 32.2.